The molecule has 0 spiro atoms. The van der Waals surface area contributed by atoms with Crippen molar-refractivity contribution in [3.8, 4) is 0 Å². The fraction of sp³-hybridized carbons (Fsp3) is 0.421. The van der Waals surface area contributed by atoms with E-state index < -0.39 is 0 Å². The Morgan fingerprint density at radius 2 is 2.04 bits per heavy atom. The summed E-state index contributed by atoms with van der Waals surface area (Å²) in [5, 5.41) is 5.47. The molecule has 1 aromatic carbocycles. The van der Waals surface area contributed by atoms with E-state index in [0.717, 1.165) is 42.1 Å². The summed E-state index contributed by atoms with van der Waals surface area (Å²) in [5.74, 6) is 1.48. The zero-order valence-corrected chi connectivity index (χ0v) is 14.3. The summed E-state index contributed by atoms with van der Waals surface area (Å²) < 4.78 is 2.00. The van der Waals surface area contributed by atoms with Crippen LogP contribution in [0, 0.1) is 6.92 Å². The molecule has 5 nitrogen and oxygen atoms in total. The Bertz CT molecular complexity index is 854. The van der Waals surface area contributed by atoms with E-state index in [0.29, 0.717) is 5.92 Å². The van der Waals surface area contributed by atoms with Crippen LogP contribution in [0.5, 0.6) is 0 Å². The van der Waals surface area contributed by atoms with Crippen LogP contribution in [0.1, 0.15) is 36.0 Å². The molecule has 0 bridgehead atoms. The number of likely N-dealkylation sites (tertiary alicyclic amines) is 1. The second kappa shape index (κ2) is 6.32. The van der Waals surface area contributed by atoms with E-state index in [9.17, 15) is 0 Å². The monoisotopic (exact) mass is 321 g/mol. The number of hydrogen-bond acceptors (Lipinski definition) is 4. The molecule has 24 heavy (non-hydrogen) atoms. The fourth-order valence-corrected chi connectivity index (χ4v) is 3.79. The topological polar surface area (TPSA) is 46.8 Å². The molecule has 0 aliphatic carbocycles. The van der Waals surface area contributed by atoms with Gasteiger partial charge in [0, 0.05) is 42.5 Å². The van der Waals surface area contributed by atoms with Gasteiger partial charge in [-0.15, -0.1) is 0 Å². The molecule has 2 aromatic heterocycles. The van der Waals surface area contributed by atoms with E-state index in [1.807, 2.05) is 30.1 Å². The van der Waals surface area contributed by atoms with Gasteiger partial charge in [0.25, 0.3) is 0 Å². The molecule has 4 rings (SSSR count). The van der Waals surface area contributed by atoms with Gasteiger partial charge in [-0.2, -0.15) is 5.10 Å². The molecule has 5 heteroatoms. The maximum atomic E-state index is 4.77. The van der Waals surface area contributed by atoms with Crippen molar-refractivity contribution in [1.82, 2.24) is 24.6 Å². The van der Waals surface area contributed by atoms with Crippen LogP contribution in [0.15, 0.2) is 36.5 Å². The number of aryl methyl sites for hydroxylation is 2. The first-order valence-electron chi connectivity index (χ1n) is 8.63. The number of aromatic nitrogens is 4. The van der Waals surface area contributed by atoms with Gasteiger partial charge in [-0.3, -0.25) is 9.58 Å². The van der Waals surface area contributed by atoms with Gasteiger partial charge in [-0.1, -0.05) is 18.2 Å². The largest absolute Gasteiger partial charge is 0.295 e. The van der Waals surface area contributed by atoms with E-state index in [1.165, 1.54) is 18.5 Å². The van der Waals surface area contributed by atoms with Crippen molar-refractivity contribution in [3.05, 3.63) is 53.7 Å². The molecule has 1 fully saturated rings. The lowest BCUT2D eigenvalue weighted by atomic mass is 9.94. The van der Waals surface area contributed by atoms with Gasteiger partial charge >= 0.3 is 0 Å². The quantitative estimate of drug-likeness (QED) is 0.744. The Kier molecular flexibility index (Phi) is 4.02. The maximum Gasteiger partial charge on any atom is 0.143 e. The number of hydrogen-bond donors (Lipinski definition) is 0. The first kappa shape index (κ1) is 15.3. The average Bonchev–Trinajstić information content (AvgIpc) is 3.01. The van der Waals surface area contributed by atoms with Crippen LogP contribution in [-0.2, 0) is 13.6 Å². The highest BCUT2D eigenvalue weighted by Crippen LogP contribution is 2.27. The van der Waals surface area contributed by atoms with Gasteiger partial charge in [-0.05, 0) is 38.4 Å². The van der Waals surface area contributed by atoms with E-state index in [-0.39, 0.29) is 0 Å². The lowest BCUT2D eigenvalue weighted by Crippen LogP contribution is -2.35. The molecule has 0 unspecified atom stereocenters. The van der Waals surface area contributed by atoms with Crippen molar-refractivity contribution in [2.45, 2.75) is 32.2 Å². The second-order valence-electron chi connectivity index (χ2n) is 6.70. The highest BCUT2D eigenvalue weighted by atomic mass is 15.3. The number of piperidine rings is 1. The lowest BCUT2D eigenvalue weighted by Gasteiger charge is -2.32. The number of para-hydroxylation sites is 1. The van der Waals surface area contributed by atoms with Crippen molar-refractivity contribution in [1.29, 1.82) is 0 Å². The Balaban J connectivity index is 1.54. The Morgan fingerprint density at radius 3 is 2.88 bits per heavy atom. The lowest BCUT2D eigenvalue weighted by molar-refractivity contribution is 0.192. The van der Waals surface area contributed by atoms with Crippen molar-refractivity contribution in [3.63, 3.8) is 0 Å². The van der Waals surface area contributed by atoms with Crippen LogP contribution in [0.25, 0.3) is 10.9 Å². The van der Waals surface area contributed by atoms with E-state index in [4.69, 9.17) is 9.97 Å². The molecule has 1 aliphatic heterocycles. The highest BCUT2D eigenvalue weighted by molar-refractivity contribution is 5.80. The van der Waals surface area contributed by atoms with Crippen molar-refractivity contribution in [2.24, 2.45) is 7.05 Å². The van der Waals surface area contributed by atoms with Crippen LogP contribution >= 0.6 is 0 Å². The molecule has 1 atom stereocenters. The zero-order valence-electron chi connectivity index (χ0n) is 14.3. The average molecular weight is 321 g/mol. The second-order valence-corrected chi connectivity index (χ2v) is 6.70. The SMILES string of the molecule is Cc1nc(CN2CCC[C@H](c3ccnn3C)C2)nc2ccccc12. The number of rotatable bonds is 3. The zero-order chi connectivity index (χ0) is 16.5. The molecule has 3 aromatic rings. The predicted molar refractivity (Wildman–Crippen MR) is 94.7 cm³/mol. The minimum atomic E-state index is 0.549. The smallest absolute Gasteiger partial charge is 0.143 e. The van der Waals surface area contributed by atoms with Crippen molar-refractivity contribution >= 4 is 10.9 Å². The Labute approximate surface area is 142 Å². The van der Waals surface area contributed by atoms with Gasteiger partial charge in [0.2, 0.25) is 0 Å². The summed E-state index contributed by atoms with van der Waals surface area (Å²) in [4.78, 5) is 12.0. The molecule has 0 amide bonds. The maximum absolute atomic E-state index is 4.77. The third-order valence-corrected chi connectivity index (χ3v) is 4.99. The normalized spacial score (nSPS) is 19.0. The van der Waals surface area contributed by atoms with Gasteiger partial charge in [-0.25, -0.2) is 9.97 Å². The summed E-state index contributed by atoms with van der Waals surface area (Å²) in [7, 11) is 2.03. The van der Waals surface area contributed by atoms with Crippen LogP contribution < -0.4 is 0 Å². The summed E-state index contributed by atoms with van der Waals surface area (Å²) >= 11 is 0. The summed E-state index contributed by atoms with van der Waals surface area (Å²) in [6, 6.07) is 10.4. The highest BCUT2D eigenvalue weighted by Gasteiger charge is 2.24. The first-order valence-corrected chi connectivity index (χ1v) is 8.63. The molecule has 1 saturated heterocycles. The Morgan fingerprint density at radius 1 is 1.17 bits per heavy atom. The molecule has 3 heterocycles. The van der Waals surface area contributed by atoms with E-state index in [1.54, 1.807) is 0 Å². The van der Waals surface area contributed by atoms with Crippen LogP contribution in [0.4, 0.5) is 0 Å². The number of nitrogens with zero attached hydrogens (tertiary/aromatic N) is 5. The molecule has 1 aliphatic rings. The molecule has 0 saturated carbocycles. The van der Waals surface area contributed by atoms with Crippen LogP contribution in [0.3, 0.4) is 0 Å². The van der Waals surface area contributed by atoms with Gasteiger partial charge in [0.15, 0.2) is 0 Å². The van der Waals surface area contributed by atoms with Crippen molar-refractivity contribution < 1.29 is 0 Å². The molecule has 0 N–H and O–H groups in total. The molecular weight excluding hydrogens is 298 g/mol. The summed E-state index contributed by atoms with van der Waals surface area (Å²) in [5.41, 5.74) is 3.44. The van der Waals surface area contributed by atoms with Gasteiger partial charge in [0.1, 0.15) is 5.82 Å². The van der Waals surface area contributed by atoms with Crippen LogP contribution in [-0.4, -0.2) is 37.7 Å². The minimum Gasteiger partial charge on any atom is -0.295 e. The first-order chi connectivity index (χ1) is 11.7. The van der Waals surface area contributed by atoms with E-state index in [2.05, 4.69) is 35.1 Å². The van der Waals surface area contributed by atoms with Gasteiger partial charge < -0.3 is 0 Å². The van der Waals surface area contributed by atoms with E-state index >= 15 is 0 Å². The van der Waals surface area contributed by atoms with Crippen LogP contribution in [0.2, 0.25) is 0 Å². The molecular formula is C19H23N5. The van der Waals surface area contributed by atoms with Gasteiger partial charge in [0.05, 0.1) is 12.1 Å². The predicted octanol–water partition coefficient (Wildman–Crippen LogP) is 3.05. The fourth-order valence-electron chi connectivity index (χ4n) is 3.79. The summed E-state index contributed by atoms with van der Waals surface area (Å²) in [6.07, 6.45) is 4.33. The molecule has 0 radical (unpaired) electrons. The third-order valence-electron chi connectivity index (χ3n) is 4.99. The summed E-state index contributed by atoms with van der Waals surface area (Å²) in [6.45, 7) is 5.06. The number of fused-ring (bicyclic) bond motifs is 1. The van der Waals surface area contributed by atoms with Crippen molar-refractivity contribution in [2.75, 3.05) is 13.1 Å². The Hall–Kier alpha value is -2.27. The third kappa shape index (κ3) is 2.91. The number of benzene rings is 1. The standard InChI is InChI=1S/C19H23N5/c1-14-16-7-3-4-8-17(16)22-19(21-14)13-24-11-5-6-15(12-24)18-9-10-20-23(18)2/h3-4,7-10,15H,5-6,11-13H2,1-2H3/t15-/m0/s1. The molecule has 124 valence electrons. The minimum absolute atomic E-state index is 0.549.